The van der Waals surface area contributed by atoms with Crippen LogP contribution < -0.4 is 5.73 Å². The first kappa shape index (κ1) is 21.9. The van der Waals surface area contributed by atoms with E-state index in [0.29, 0.717) is 18.1 Å². The SMILES string of the molecule is CCC(C)(CC(C)(CC)SCC(O)CCl)SCC(O)CN. The molecule has 0 saturated carbocycles. The van der Waals surface area contributed by atoms with Crippen LogP contribution in [-0.4, -0.2) is 55.8 Å². The molecule has 21 heavy (non-hydrogen) atoms. The van der Waals surface area contributed by atoms with Gasteiger partial charge in [0.2, 0.25) is 0 Å². The highest BCUT2D eigenvalue weighted by Crippen LogP contribution is 2.43. The van der Waals surface area contributed by atoms with E-state index >= 15 is 0 Å². The van der Waals surface area contributed by atoms with Gasteiger partial charge in [-0.1, -0.05) is 27.7 Å². The summed E-state index contributed by atoms with van der Waals surface area (Å²) in [5, 5.41) is 19.4. The summed E-state index contributed by atoms with van der Waals surface area (Å²) in [5.41, 5.74) is 5.48. The van der Waals surface area contributed by atoms with Crippen LogP contribution >= 0.6 is 35.1 Å². The third-order valence-electron chi connectivity index (χ3n) is 3.94. The minimum Gasteiger partial charge on any atom is -0.391 e. The Morgan fingerprint density at radius 2 is 1.43 bits per heavy atom. The molecule has 4 atom stereocenters. The summed E-state index contributed by atoms with van der Waals surface area (Å²) >= 11 is 9.29. The second-order valence-electron chi connectivity index (χ2n) is 6.10. The molecule has 0 amide bonds. The predicted octanol–water partition coefficient (Wildman–Crippen LogP) is 3.10. The minimum atomic E-state index is -0.442. The average Bonchev–Trinajstić information content (AvgIpc) is 2.50. The van der Waals surface area contributed by atoms with Crippen molar-refractivity contribution in [2.45, 2.75) is 68.7 Å². The van der Waals surface area contributed by atoms with Crippen molar-refractivity contribution in [3.63, 3.8) is 0 Å². The molecule has 0 spiro atoms. The number of rotatable bonds is 12. The Morgan fingerprint density at radius 1 is 1.00 bits per heavy atom. The third kappa shape index (κ3) is 8.92. The van der Waals surface area contributed by atoms with Gasteiger partial charge in [-0.25, -0.2) is 0 Å². The van der Waals surface area contributed by atoms with Crippen LogP contribution in [-0.2, 0) is 0 Å². The fourth-order valence-electron chi connectivity index (χ4n) is 2.05. The van der Waals surface area contributed by atoms with Crippen molar-refractivity contribution in [1.82, 2.24) is 0 Å². The van der Waals surface area contributed by atoms with Crippen molar-refractivity contribution in [3.05, 3.63) is 0 Å². The Bertz CT molecular complexity index is 260. The van der Waals surface area contributed by atoms with Crippen LogP contribution in [0.25, 0.3) is 0 Å². The molecule has 0 aromatic carbocycles. The molecule has 0 aromatic rings. The number of nitrogens with two attached hydrogens (primary N) is 1. The zero-order valence-electron chi connectivity index (χ0n) is 13.8. The van der Waals surface area contributed by atoms with Crippen molar-refractivity contribution in [2.24, 2.45) is 5.73 Å². The summed E-state index contributed by atoms with van der Waals surface area (Å²) in [6.45, 7) is 9.21. The van der Waals surface area contributed by atoms with Crippen molar-refractivity contribution >= 4 is 35.1 Å². The summed E-state index contributed by atoms with van der Waals surface area (Å²) < 4.78 is 0.221. The molecular weight excluding hydrogens is 326 g/mol. The number of hydrogen-bond donors (Lipinski definition) is 3. The fourth-order valence-corrected chi connectivity index (χ4v) is 5.08. The van der Waals surface area contributed by atoms with Crippen LogP contribution in [0, 0.1) is 0 Å². The molecule has 4 unspecified atom stereocenters. The molecule has 0 heterocycles. The van der Waals surface area contributed by atoms with Gasteiger partial charge in [-0.2, -0.15) is 23.5 Å². The molecule has 3 nitrogen and oxygen atoms in total. The molecular formula is C15H32ClNO2S2. The number of aliphatic hydroxyl groups is 2. The van der Waals surface area contributed by atoms with Crippen molar-refractivity contribution in [3.8, 4) is 0 Å². The number of hydrogen-bond acceptors (Lipinski definition) is 5. The first-order valence-electron chi connectivity index (χ1n) is 7.64. The fraction of sp³-hybridized carbons (Fsp3) is 1.00. The highest BCUT2D eigenvalue weighted by atomic mass is 35.5. The van der Waals surface area contributed by atoms with Crippen LogP contribution in [0.2, 0.25) is 0 Å². The molecule has 6 heteroatoms. The first-order chi connectivity index (χ1) is 9.74. The summed E-state index contributed by atoms with van der Waals surface area (Å²) in [7, 11) is 0. The third-order valence-corrected chi connectivity index (χ3v) is 7.66. The van der Waals surface area contributed by atoms with E-state index in [1.165, 1.54) is 0 Å². The van der Waals surface area contributed by atoms with E-state index in [4.69, 9.17) is 17.3 Å². The van der Waals surface area contributed by atoms with Gasteiger partial charge in [0.1, 0.15) is 0 Å². The Kier molecular flexibility index (Phi) is 11.0. The zero-order chi connectivity index (χ0) is 16.5. The summed E-state index contributed by atoms with van der Waals surface area (Å²) in [6, 6.07) is 0. The predicted molar refractivity (Wildman–Crippen MR) is 98.7 cm³/mol. The lowest BCUT2D eigenvalue weighted by molar-refractivity contribution is 0.207. The Hall–Kier alpha value is 0.870. The van der Waals surface area contributed by atoms with E-state index in [1.807, 2.05) is 0 Å². The monoisotopic (exact) mass is 357 g/mol. The van der Waals surface area contributed by atoms with Crippen LogP contribution in [0.15, 0.2) is 0 Å². The lowest BCUT2D eigenvalue weighted by Crippen LogP contribution is -2.35. The van der Waals surface area contributed by atoms with Gasteiger partial charge in [0, 0.05) is 33.4 Å². The van der Waals surface area contributed by atoms with E-state index < -0.39 is 12.2 Å². The zero-order valence-corrected chi connectivity index (χ0v) is 16.2. The van der Waals surface area contributed by atoms with Crippen LogP contribution in [0.5, 0.6) is 0 Å². The van der Waals surface area contributed by atoms with Crippen LogP contribution in [0.1, 0.15) is 47.0 Å². The maximum atomic E-state index is 9.68. The average molecular weight is 358 g/mol. The molecule has 0 fully saturated rings. The summed E-state index contributed by atoms with van der Waals surface area (Å²) in [4.78, 5) is 0. The Labute approximate surface area is 143 Å². The number of thioether (sulfide) groups is 2. The van der Waals surface area contributed by atoms with Gasteiger partial charge in [-0.3, -0.25) is 0 Å². The second-order valence-corrected chi connectivity index (χ2v) is 9.63. The minimum absolute atomic E-state index is 0.110. The quantitative estimate of drug-likeness (QED) is 0.468. The molecule has 0 bridgehead atoms. The molecule has 4 N–H and O–H groups in total. The largest absolute Gasteiger partial charge is 0.391 e. The summed E-state index contributed by atoms with van der Waals surface area (Å²) in [6.07, 6.45) is 2.25. The normalized spacial score (nSPS) is 20.6. The maximum absolute atomic E-state index is 9.68. The van der Waals surface area contributed by atoms with Crippen molar-refractivity contribution in [2.75, 3.05) is 23.9 Å². The van der Waals surface area contributed by atoms with Gasteiger partial charge < -0.3 is 15.9 Å². The van der Waals surface area contributed by atoms with E-state index in [-0.39, 0.29) is 15.4 Å². The first-order valence-corrected chi connectivity index (χ1v) is 10.1. The van der Waals surface area contributed by atoms with Gasteiger partial charge in [-0.15, -0.1) is 11.6 Å². The van der Waals surface area contributed by atoms with E-state index in [1.54, 1.807) is 23.5 Å². The van der Waals surface area contributed by atoms with Crippen molar-refractivity contribution < 1.29 is 10.2 Å². The van der Waals surface area contributed by atoms with Crippen molar-refractivity contribution in [1.29, 1.82) is 0 Å². The molecule has 128 valence electrons. The Balaban J connectivity index is 4.63. The lowest BCUT2D eigenvalue weighted by atomic mass is 9.92. The highest BCUT2D eigenvalue weighted by Gasteiger charge is 2.34. The van der Waals surface area contributed by atoms with E-state index in [2.05, 4.69) is 27.7 Å². The molecule has 0 rings (SSSR count). The number of halogens is 1. The topological polar surface area (TPSA) is 66.5 Å². The van der Waals surface area contributed by atoms with Gasteiger partial charge in [0.15, 0.2) is 0 Å². The van der Waals surface area contributed by atoms with Gasteiger partial charge >= 0.3 is 0 Å². The van der Waals surface area contributed by atoms with Crippen LogP contribution in [0.3, 0.4) is 0 Å². The van der Waals surface area contributed by atoms with Gasteiger partial charge in [0.05, 0.1) is 12.2 Å². The molecule has 0 radical (unpaired) electrons. The molecule has 0 saturated heterocycles. The Morgan fingerprint density at radius 3 is 1.76 bits per heavy atom. The molecule has 0 aliphatic rings. The number of alkyl halides is 1. The maximum Gasteiger partial charge on any atom is 0.0765 e. The second kappa shape index (κ2) is 10.6. The summed E-state index contributed by atoms with van der Waals surface area (Å²) in [5.74, 6) is 1.63. The highest BCUT2D eigenvalue weighted by molar-refractivity contribution is 8.01. The van der Waals surface area contributed by atoms with E-state index in [9.17, 15) is 10.2 Å². The molecule has 0 aromatic heterocycles. The molecule has 0 aliphatic carbocycles. The smallest absolute Gasteiger partial charge is 0.0765 e. The van der Waals surface area contributed by atoms with Gasteiger partial charge in [-0.05, 0) is 19.3 Å². The van der Waals surface area contributed by atoms with Gasteiger partial charge in [0.25, 0.3) is 0 Å². The van der Waals surface area contributed by atoms with Crippen LogP contribution in [0.4, 0.5) is 0 Å². The lowest BCUT2D eigenvalue weighted by Gasteiger charge is -2.39. The molecule has 0 aliphatic heterocycles. The standard InChI is InChI=1S/C15H32ClNO2S2/c1-5-14(3,20-9-12(18)7-16)11-15(4,6-2)21-10-13(19)8-17/h12-13,18-19H,5-11,17H2,1-4H3. The number of aliphatic hydroxyl groups excluding tert-OH is 2. The van der Waals surface area contributed by atoms with E-state index in [0.717, 1.165) is 19.3 Å².